The third kappa shape index (κ3) is 2.95. The monoisotopic (exact) mass is 296 g/mol. The molecule has 0 N–H and O–H groups in total. The average Bonchev–Trinajstić information content (AvgIpc) is 3.07. The van der Waals surface area contributed by atoms with Gasteiger partial charge in [0.1, 0.15) is 5.78 Å². The minimum Gasteiger partial charge on any atom is -0.299 e. The second-order valence-electron chi connectivity index (χ2n) is 5.97. The summed E-state index contributed by atoms with van der Waals surface area (Å²) in [7, 11) is -2.99. The number of aromatic nitrogens is 2. The Balaban J connectivity index is 1.62. The van der Waals surface area contributed by atoms with Crippen LogP contribution >= 0.6 is 0 Å². The molecule has 110 valence electrons. The van der Waals surface area contributed by atoms with E-state index in [0.717, 1.165) is 18.5 Å². The van der Waals surface area contributed by atoms with E-state index < -0.39 is 9.84 Å². The molecule has 1 aliphatic heterocycles. The van der Waals surface area contributed by atoms with Crippen molar-refractivity contribution in [2.75, 3.05) is 11.5 Å². The molecule has 20 heavy (non-hydrogen) atoms. The normalized spacial score (nSPS) is 26.1. The third-order valence-electron chi connectivity index (χ3n) is 4.41. The van der Waals surface area contributed by atoms with E-state index >= 15 is 0 Å². The first kappa shape index (κ1) is 13.8. The number of rotatable bonds is 4. The van der Waals surface area contributed by atoms with Crippen LogP contribution in [0.4, 0.5) is 0 Å². The molecule has 1 aromatic heterocycles. The van der Waals surface area contributed by atoms with Gasteiger partial charge in [0.05, 0.1) is 29.7 Å². The summed E-state index contributed by atoms with van der Waals surface area (Å²) in [6.07, 6.45) is 7.51. The van der Waals surface area contributed by atoms with Crippen molar-refractivity contribution >= 4 is 15.6 Å². The molecule has 2 heterocycles. The minimum atomic E-state index is -2.99. The van der Waals surface area contributed by atoms with Gasteiger partial charge in [0.25, 0.3) is 0 Å². The Kier molecular flexibility index (Phi) is 3.67. The molecule has 0 aromatic carbocycles. The quantitative estimate of drug-likeness (QED) is 0.845. The molecule has 2 fully saturated rings. The molecule has 1 aromatic rings. The molecule has 0 spiro atoms. The third-order valence-corrected chi connectivity index (χ3v) is 6.17. The molecule has 1 saturated carbocycles. The van der Waals surface area contributed by atoms with Gasteiger partial charge in [0, 0.05) is 12.1 Å². The second-order valence-corrected chi connectivity index (χ2v) is 8.20. The summed E-state index contributed by atoms with van der Waals surface area (Å²) in [5, 5.41) is 4.49. The number of ketones is 1. The Morgan fingerprint density at radius 3 is 2.70 bits per heavy atom. The average molecular weight is 296 g/mol. The maximum Gasteiger partial charge on any atom is 0.151 e. The topological polar surface area (TPSA) is 69.0 Å². The lowest BCUT2D eigenvalue weighted by Gasteiger charge is -2.09. The van der Waals surface area contributed by atoms with E-state index in [1.165, 1.54) is 12.8 Å². The summed E-state index contributed by atoms with van der Waals surface area (Å²) in [4.78, 5) is 12.1. The van der Waals surface area contributed by atoms with E-state index in [0.29, 0.717) is 12.5 Å². The van der Waals surface area contributed by atoms with Crippen LogP contribution in [-0.2, 0) is 21.1 Å². The van der Waals surface area contributed by atoms with Gasteiger partial charge in [0.15, 0.2) is 9.84 Å². The molecule has 3 rings (SSSR count). The van der Waals surface area contributed by atoms with Crippen LogP contribution in [0.3, 0.4) is 0 Å². The van der Waals surface area contributed by atoms with Crippen LogP contribution in [0.2, 0.25) is 0 Å². The van der Waals surface area contributed by atoms with Crippen LogP contribution in [0.25, 0.3) is 0 Å². The Hall–Kier alpha value is -1.17. The molecule has 0 amide bonds. The van der Waals surface area contributed by atoms with E-state index in [1.54, 1.807) is 0 Å². The maximum absolute atomic E-state index is 12.1. The first-order chi connectivity index (χ1) is 9.53. The summed E-state index contributed by atoms with van der Waals surface area (Å²) >= 11 is 0. The molecule has 6 heteroatoms. The standard InChI is InChI=1S/C14H20N2O3S/c17-14(11-6-8-20(18,19)10-11)9-12-5-7-16(15-12)13-3-1-2-4-13/h5,7,11,13H,1-4,6,8-10H2. The first-order valence-corrected chi connectivity index (χ1v) is 9.13. The molecule has 1 saturated heterocycles. The van der Waals surface area contributed by atoms with Crippen LogP contribution in [0.15, 0.2) is 12.3 Å². The number of carbonyl (C=O) groups excluding carboxylic acids is 1. The van der Waals surface area contributed by atoms with Crippen molar-refractivity contribution in [3.8, 4) is 0 Å². The number of hydrogen-bond donors (Lipinski definition) is 0. The van der Waals surface area contributed by atoms with Crippen molar-refractivity contribution in [2.45, 2.75) is 44.6 Å². The van der Waals surface area contributed by atoms with Crippen LogP contribution in [-0.4, -0.2) is 35.5 Å². The SMILES string of the molecule is O=C(Cc1ccn(C2CCCC2)n1)C1CCS(=O)(=O)C1. The minimum absolute atomic E-state index is 0.0164. The van der Waals surface area contributed by atoms with Gasteiger partial charge in [-0.05, 0) is 25.3 Å². The molecular weight excluding hydrogens is 276 g/mol. The lowest BCUT2D eigenvalue weighted by atomic mass is 10.0. The van der Waals surface area contributed by atoms with Crippen molar-refractivity contribution in [3.63, 3.8) is 0 Å². The van der Waals surface area contributed by atoms with Gasteiger partial charge in [-0.15, -0.1) is 0 Å². The molecule has 1 aliphatic carbocycles. The van der Waals surface area contributed by atoms with Crippen molar-refractivity contribution in [3.05, 3.63) is 18.0 Å². The number of carbonyl (C=O) groups is 1. The molecule has 1 unspecified atom stereocenters. The Morgan fingerprint density at radius 1 is 1.30 bits per heavy atom. The Bertz CT molecular complexity index is 600. The maximum atomic E-state index is 12.1. The highest BCUT2D eigenvalue weighted by Gasteiger charge is 2.32. The molecule has 1 atom stereocenters. The van der Waals surface area contributed by atoms with Crippen molar-refractivity contribution < 1.29 is 13.2 Å². The first-order valence-electron chi connectivity index (χ1n) is 7.31. The van der Waals surface area contributed by atoms with E-state index in [2.05, 4.69) is 5.10 Å². The molecular formula is C14H20N2O3S. The van der Waals surface area contributed by atoms with Crippen LogP contribution < -0.4 is 0 Å². The smallest absolute Gasteiger partial charge is 0.151 e. The fraction of sp³-hybridized carbons (Fsp3) is 0.714. The van der Waals surface area contributed by atoms with Gasteiger partial charge in [0.2, 0.25) is 0 Å². The van der Waals surface area contributed by atoms with Crippen LogP contribution in [0, 0.1) is 5.92 Å². The van der Waals surface area contributed by atoms with Gasteiger partial charge in [-0.25, -0.2) is 8.42 Å². The van der Waals surface area contributed by atoms with E-state index in [4.69, 9.17) is 0 Å². The number of hydrogen-bond acceptors (Lipinski definition) is 4. The van der Waals surface area contributed by atoms with E-state index in [1.807, 2.05) is 16.9 Å². The van der Waals surface area contributed by atoms with Crippen molar-refractivity contribution in [1.29, 1.82) is 0 Å². The van der Waals surface area contributed by atoms with E-state index in [-0.39, 0.29) is 29.6 Å². The zero-order valence-corrected chi connectivity index (χ0v) is 12.3. The summed E-state index contributed by atoms with van der Waals surface area (Å²) in [5.74, 6) is -0.130. The van der Waals surface area contributed by atoms with E-state index in [9.17, 15) is 13.2 Å². The van der Waals surface area contributed by atoms with Crippen LogP contribution in [0.1, 0.15) is 43.8 Å². The molecule has 2 aliphatic rings. The Labute approximate surface area is 119 Å². The van der Waals surface area contributed by atoms with Gasteiger partial charge < -0.3 is 0 Å². The lowest BCUT2D eigenvalue weighted by Crippen LogP contribution is -2.18. The Morgan fingerprint density at radius 2 is 2.05 bits per heavy atom. The van der Waals surface area contributed by atoms with Gasteiger partial charge >= 0.3 is 0 Å². The summed E-state index contributed by atoms with van der Waals surface area (Å²) in [6, 6.07) is 2.37. The van der Waals surface area contributed by atoms with Gasteiger partial charge in [-0.1, -0.05) is 12.8 Å². The highest BCUT2D eigenvalue weighted by Crippen LogP contribution is 2.29. The second kappa shape index (κ2) is 5.31. The number of sulfone groups is 1. The fourth-order valence-electron chi connectivity index (χ4n) is 3.22. The molecule has 0 radical (unpaired) electrons. The summed E-state index contributed by atoms with van der Waals surface area (Å²) in [6.45, 7) is 0. The van der Waals surface area contributed by atoms with Gasteiger partial charge in [-0.2, -0.15) is 5.10 Å². The van der Waals surface area contributed by atoms with Crippen molar-refractivity contribution in [1.82, 2.24) is 9.78 Å². The number of Topliss-reactive ketones (excluding diaryl/α,β-unsaturated/α-hetero) is 1. The largest absolute Gasteiger partial charge is 0.299 e. The highest BCUT2D eigenvalue weighted by atomic mass is 32.2. The summed E-state index contributed by atoms with van der Waals surface area (Å²) in [5.41, 5.74) is 0.770. The summed E-state index contributed by atoms with van der Waals surface area (Å²) < 4.78 is 24.8. The predicted octanol–water partition coefficient (Wildman–Crippen LogP) is 1.54. The zero-order chi connectivity index (χ0) is 14.2. The number of nitrogens with zero attached hydrogens (tertiary/aromatic N) is 2. The van der Waals surface area contributed by atoms with Gasteiger partial charge in [-0.3, -0.25) is 9.48 Å². The molecule has 5 nitrogen and oxygen atoms in total. The van der Waals surface area contributed by atoms with Crippen LogP contribution in [0.5, 0.6) is 0 Å². The predicted molar refractivity (Wildman–Crippen MR) is 75.2 cm³/mol. The van der Waals surface area contributed by atoms with Crippen molar-refractivity contribution in [2.24, 2.45) is 5.92 Å². The molecule has 0 bridgehead atoms. The zero-order valence-electron chi connectivity index (χ0n) is 11.5. The highest BCUT2D eigenvalue weighted by molar-refractivity contribution is 7.91. The fourth-order valence-corrected chi connectivity index (χ4v) is 4.99. The lowest BCUT2D eigenvalue weighted by molar-refractivity contribution is -0.121.